The Morgan fingerprint density at radius 1 is 1.26 bits per heavy atom. The molecule has 4 N–H and O–H groups in total. The highest BCUT2D eigenvalue weighted by Gasteiger charge is 2.50. The summed E-state index contributed by atoms with van der Waals surface area (Å²) in [5.41, 5.74) is 4.99. The van der Waals surface area contributed by atoms with Gasteiger partial charge in [0.05, 0.1) is 5.92 Å². The van der Waals surface area contributed by atoms with Crippen LogP contribution in [0.15, 0.2) is 0 Å². The van der Waals surface area contributed by atoms with Crippen LogP contribution in [0.1, 0.15) is 46.0 Å². The molecule has 108 valence electrons. The van der Waals surface area contributed by atoms with E-state index in [-0.39, 0.29) is 17.9 Å². The summed E-state index contributed by atoms with van der Waals surface area (Å²) in [5.74, 6) is -0.521. The summed E-state index contributed by atoms with van der Waals surface area (Å²) in [5, 5.41) is 12.1. The smallest absolute Gasteiger partial charge is 0.329 e. The van der Waals surface area contributed by atoms with Gasteiger partial charge in [-0.1, -0.05) is 13.8 Å². The van der Waals surface area contributed by atoms with E-state index in [9.17, 15) is 14.7 Å². The van der Waals surface area contributed by atoms with Gasteiger partial charge >= 0.3 is 5.97 Å². The van der Waals surface area contributed by atoms with Gasteiger partial charge in [-0.3, -0.25) is 4.79 Å². The van der Waals surface area contributed by atoms with E-state index in [0.717, 1.165) is 19.3 Å². The van der Waals surface area contributed by atoms with Crippen molar-refractivity contribution in [3.63, 3.8) is 0 Å². The predicted molar refractivity (Wildman–Crippen MR) is 71.4 cm³/mol. The monoisotopic (exact) mass is 268 g/mol. The zero-order valence-electron chi connectivity index (χ0n) is 11.7. The minimum absolute atomic E-state index is 0.0982. The molecular formula is C14H24N2O3. The number of rotatable bonds is 5. The number of aliphatic carboxylic acids is 1. The molecule has 2 fully saturated rings. The fourth-order valence-electron chi connectivity index (χ4n) is 3.83. The van der Waals surface area contributed by atoms with Gasteiger partial charge in [-0.05, 0) is 43.9 Å². The number of nitrogens with two attached hydrogens (primary N) is 1. The topological polar surface area (TPSA) is 92.4 Å². The maximum Gasteiger partial charge on any atom is 0.329 e. The van der Waals surface area contributed by atoms with Gasteiger partial charge in [0.2, 0.25) is 5.91 Å². The van der Waals surface area contributed by atoms with Gasteiger partial charge in [-0.2, -0.15) is 0 Å². The average Bonchev–Trinajstić information content (AvgIpc) is 2.96. The molecule has 4 unspecified atom stereocenters. The summed E-state index contributed by atoms with van der Waals surface area (Å²) in [6, 6.07) is -0.0982. The van der Waals surface area contributed by atoms with Crippen LogP contribution in [0, 0.1) is 17.8 Å². The van der Waals surface area contributed by atoms with Crippen molar-refractivity contribution in [1.82, 2.24) is 5.32 Å². The summed E-state index contributed by atoms with van der Waals surface area (Å²) >= 11 is 0. The summed E-state index contributed by atoms with van der Waals surface area (Å²) in [6.07, 6.45) is 3.97. The van der Waals surface area contributed by atoms with Gasteiger partial charge in [0, 0.05) is 6.04 Å². The van der Waals surface area contributed by atoms with Crippen molar-refractivity contribution >= 4 is 11.9 Å². The highest BCUT2D eigenvalue weighted by Crippen LogP contribution is 2.47. The van der Waals surface area contributed by atoms with E-state index in [1.165, 1.54) is 0 Å². The van der Waals surface area contributed by atoms with E-state index in [4.69, 9.17) is 5.73 Å². The Morgan fingerprint density at radius 2 is 1.84 bits per heavy atom. The molecule has 5 nitrogen and oxygen atoms in total. The maximum absolute atomic E-state index is 12.4. The zero-order valence-corrected chi connectivity index (χ0v) is 11.7. The third-order valence-electron chi connectivity index (χ3n) is 5.26. The second kappa shape index (κ2) is 5.12. The van der Waals surface area contributed by atoms with E-state index in [1.54, 1.807) is 13.8 Å². The fraction of sp³-hybridized carbons (Fsp3) is 0.857. The first-order valence-electron chi connectivity index (χ1n) is 7.26. The van der Waals surface area contributed by atoms with E-state index >= 15 is 0 Å². The van der Waals surface area contributed by atoms with Crippen molar-refractivity contribution in [2.45, 2.75) is 57.5 Å². The molecule has 2 aliphatic carbocycles. The van der Waals surface area contributed by atoms with Crippen LogP contribution < -0.4 is 11.1 Å². The molecule has 4 atom stereocenters. The Bertz CT molecular complexity index is 377. The number of fused-ring (bicyclic) bond motifs is 2. The third kappa shape index (κ3) is 2.24. The second-order valence-corrected chi connectivity index (χ2v) is 6.02. The zero-order chi connectivity index (χ0) is 14.2. The number of carboxylic acid groups (broad SMARTS) is 1. The normalized spacial score (nSPS) is 33.4. The van der Waals surface area contributed by atoms with Gasteiger partial charge in [0.15, 0.2) is 0 Å². The maximum atomic E-state index is 12.4. The summed E-state index contributed by atoms with van der Waals surface area (Å²) in [6.45, 7) is 3.58. The Hall–Kier alpha value is -1.10. The molecular weight excluding hydrogens is 244 g/mol. The number of hydrogen-bond acceptors (Lipinski definition) is 3. The van der Waals surface area contributed by atoms with Crippen LogP contribution in [-0.4, -0.2) is 28.6 Å². The standard InChI is InChI=1S/C14H24N2O3/c1-3-14(4-2,13(18)19)16-12(17)10-8-5-6-9(7-8)11(10)15/h8-11H,3-7,15H2,1-2H3,(H,16,17)(H,18,19). The van der Waals surface area contributed by atoms with E-state index in [2.05, 4.69) is 5.32 Å². The molecule has 0 radical (unpaired) electrons. The number of hydrogen-bond donors (Lipinski definition) is 3. The number of amides is 1. The van der Waals surface area contributed by atoms with E-state index < -0.39 is 11.5 Å². The average molecular weight is 268 g/mol. The third-order valence-corrected chi connectivity index (χ3v) is 5.26. The molecule has 2 aliphatic rings. The highest BCUT2D eigenvalue weighted by atomic mass is 16.4. The number of carbonyl (C=O) groups excluding carboxylic acids is 1. The lowest BCUT2D eigenvalue weighted by molar-refractivity contribution is -0.149. The molecule has 19 heavy (non-hydrogen) atoms. The van der Waals surface area contributed by atoms with Crippen molar-refractivity contribution in [3.05, 3.63) is 0 Å². The lowest BCUT2D eigenvalue weighted by atomic mass is 9.83. The Balaban J connectivity index is 2.10. The molecule has 5 heteroatoms. The van der Waals surface area contributed by atoms with Crippen LogP contribution in [0.25, 0.3) is 0 Å². The first-order valence-corrected chi connectivity index (χ1v) is 7.26. The molecule has 2 saturated carbocycles. The largest absolute Gasteiger partial charge is 0.480 e. The Labute approximate surface area is 113 Å². The molecule has 2 bridgehead atoms. The van der Waals surface area contributed by atoms with Crippen LogP contribution in [0.3, 0.4) is 0 Å². The van der Waals surface area contributed by atoms with Crippen molar-refractivity contribution < 1.29 is 14.7 Å². The molecule has 0 aromatic carbocycles. The second-order valence-electron chi connectivity index (χ2n) is 6.02. The minimum atomic E-state index is -1.14. The fourth-order valence-corrected chi connectivity index (χ4v) is 3.83. The molecule has 0 aromatic heterocycles. The van der Waals surface area contributed by atoms with Crippen molar-refractivity contribution in [3.8, 4) is 0 Å². The molecule has 0 heterocycles. The molecule has 1 amide bonds. The number of nitrogens with one attached hydrogen (secondary N) is 1. The lowest BCUT2D eigenvalue weighted by Gasteiger charge is -2.33. The van der Waals surface area contributed by atoms with Gasteiger partial charge < -0.3 is 16.2 Å². The van der Waals surface area contributed by atoms with Crippen molar-refractivity contribution in [1.29, 1.82) is 0 Å². The summed E-state index contributed by atoms with van der Waals surface area (Å²) in [7, 11) is 0. The van der Waals surface area contributed by atoms with Crippen LogP contribution in [0.4, 0.5) is 0 Å². The molecule has 0 aromatic rings. The van der Waals surface area contributed by atoms with Gasteiger partial charge in [0.1, 0.15) is 5.54 Å². The van der Waals surface area contributed by atoms with E-state index in [1.807, 2.05) is 0 Å². The quantitative estimate of drug-likeness (QED) is 0.696. The lowest BCUT2D eigenvalue weighted by Crippen LogP contribution is -2.57. The predicted octanol–water partition coefficient (Wildman–Crippen LogP) is 1.12. The highest BCUT2D eigenvalue weighted by molar-refractivity contribution is 5.88. The first kappa shape index (κ1) is 14.3. The van der Waals surface area contributed by atoms with Crippen LogP contribution in [0.2, 0.25) is 0 Å². The minimum Gasteiger partial charge on any atom is -0.480 e. The molecule has 0 aliphatic heterocycles. The van der Waals surface area contributed by atoms with Crippen molar-refractivity contribution in [2.24, 2.45) is 23.5 Å². The molecule has 2 rings (SSSR count). The molecule has 0 saturated heterocycles. The number of carboxylic acids is 1. The first-order chi connectivity index (χ1) is 8.95. The van der Waals surface area contributed by atoms with Gasteiger partial charge in [-0.15, -0.1) is 0 Å². The number of carbonyl (C=O) groups is 2. The SMILES string of the molecule is CCC(CC)(NC(=O)C1C2CCC(C2)C1N)C(=O)O. The summed E-state index contributed by atoms with van der Waals surface area (Å²) in [4.78, 5) is 23.9. The van der Waals surface area contributed by atoms with Crippen LogP contribution >= 0.6 is 0 Å². The van der Waals surface area contributed by atoms with Crippen molar-refractivity contribution in [2.75, 3.05) is 0 Å². The Morgan fingerprint density at radius 3 is 2.26 bits per heavy atom. The van der Waals surface area contributed by atoms with Gasteiger partial charge in [0.25, 0.3) is 0 Å². The summed E-state index contributed by atoms with van der Waals surface area (Å²) < 4.78 is 0. The van der Waals surface area contributed by atoms with Crippen LogP contribution in [0.5, 0.6) is 0 Å². The Kier molecular flexibility index (Phi) is 3.85. The van der Waals surface area contributed by atoms with Gasteiger partial charge in [-0.25, -0.2) is 4.79 Å². The molecule has 0 spiro atoms. The van der Waals surface area contributed by atoms with Crippen LogP contribution in [-0.2, 0) is 9.59 Å². The van der Waals surface area contributed by atoms with E-state index in [0.29, 0.717) is 24.7 Å².